The number of anilines is 1. The van der Waals surface area contributed by atoms with Crippen LogP contribution in [-0.2, 0) is 4.79 Å². The molecule has 0 unspecified atom stereocenters. The molecule has 0 spiro atoms. The molecule has 0 aliphatic carbocycles. The predicted octanol–water partition coefficient (Wildman–Crippen LogP) is 2.02. The number of halogens is 1. The molecule has 11 heavy (non-hydrogen) atoms. The zero-order valence-corrected chi connectivity index (χ0v) is 8.16. The van der Waals surface area contributed by atoms with Crippen LogP contribution < -0.4 is 10.5 Å². The highest BCUT2D eigenvalue weighted by Crippen LogP contribution is 2.36. The van der Waals surface area contributed by atoms with Gasteiger partial charge in [0.2, 0.25) is 5.06 Å². The van der Waals surface area contributed by atoms with E-state index in [-0.39, 0.29) is 5.97 Å². The summed E-state index contributed by atoms with van der Waals surface area (Å²) in [4.78, 5) is 10.5. The standard InChI is InChI=1S/C6H6BrNO2S/c1-3(9)10-6-4(8)2-5(7)11-6/h2H,8H2,1H3. The Hall–Kier alpha value is -0.550. The van der Waals surface area contributed by atoms with Gasteiger partial charge in [0, 0.05) is 6.92 Å². The van der Waals surface area contributed by atoms with Crippen molar-refractivity contribution in [3.63, 3.8) is 0 Å². The van der Waals surface area contributed by atoms with Crippen molar-refractivity contribution in [1.82, 2.24) is 0 Å². The average Bonchev–Trinajstić information content (AvgIpc) is 2.09. The van der Waals surface area contributed by atoms with Gasteiger partial charge in [0.25, 0.3) is 0 Å². The Kier molecular flexibility index (Phi) is 2.51. The van der Waals surface area contributed by atoms with Gasteiger partial charge in [-0.1, -0.05) is 11.3 Å². The minimum Gasteiger partial charge on any atom is -0.413 e. The molecule has 0 saturated heterocycles. The Morgan fingerprint density at radius 1 is 1.82 bits per heavy atom. The summed E-state index contributed by atoms with van der Waals surface area (Å²) in [7, 11) is 0. The highest BCUT2D eigenvalue weighted by molar-refractivity contribution is 9.11. The molecule has 0 fully saturated rings. The van der Waals surface area contributed by atoms with Crippen LogP contribution in [0, 0.1) is 0 Å². The predicted molar refractivity (Wildman–Crippen MR) is 47.7 cm³/mol. The van der Waals surface area contributed by atoms with Gasteiger partial charge in [-0.15, -0.1) is 0 Å². The monoisotopic (exact) mass is 235 g/mol. The molecule has 0 aromatic carbocycles. The van der Waals surface area contributed by atoms with Crippen molar-refractivity contribution in [2.75, 3.05) is 5.73 Å². The normalized spacial score (nSPS) is 9.64. The Labute approximate surface area is 76.3 Å². The van der Waals surface area contributed by atoms with Gasteiger partial charge in [-0.3, -0.25) is 4.79 Å². The van der Waals surface area contributed by atoms with E-state index in [2.05, 4.69) is 15.9 Å². The Bertz CT molecular complexity index is 284. The molecule has 60 valence electrons. The van der Waals surface area contributed by atoms with Gasteiger partial charge in [-0.05, 0) is 22.0 Å². The first-order valence-electron chi connectivity index (χ1n) is 2.83. The number of nitrogen functional groups attached to an aromatic ring is 1. The van der Waals surface area contributed by atoms with E-state index in [4.69, 9.17) is 10.5 Å². The van der Waals surface area contributed by atoms with Crippen LogP contribution in [0.25, 0.3) is 0 Å². The summed E-state index contributed by atoms with van der Waals surface area (Å²) in [6, 6.07) is 1.70. The lowest BCUT2D eigenvalue weighted by Gasteiger charge is -1.95. The van der Waals surface area contributed by atoms with Crippen LogP contribution in [0.15, 0.2) is 9.85 Å². The second kappa shape index (κ2) is 3.23. The SMILES string of the molecule is CC(=O)Oc1sc(Br)cc1N. The number of rotatable bonds is 1. The maximum atomic E-state index is 10.5. The number of carbonyl (C=O) groups excluding carboxylic acids is 1. The van der Waals surface area contributed by atoms with E-state index in [1.165, 1.54) is 18.3 Å². The number of hydrogen-bond donors (Lipinski definition) is 1. The maximum absolute atomic E-state index is 10.5. The topological polar surface area (TPSA) is 52.3 Å². The molecule has 0 aliphatic rings. The quantitative estimate of drug-likeness (QED) is 0.759. The van der Waals surface area contributed by atoms with Crippen LogP contribution >= 0.6 is 27.3 Å². The van der Waals surface area contributed by atoms with Gasteiger partial charge in [0.1, 0.15) is 0 Å². The highest BCUT2D eigenvalue weighted by atomic mass is 79.9. The van der Waals surface area contributed by atoms with Crippen molar-refractivity contribution in [2.45, 2.75) is 6.92 Å². The van der Waals surface area contributed by atoms with Crippen LogP contribution in [0.1, 0.15) is 6.92 Å². The van der Waals surface area contributed by atoms with E-state index in [0.717, 1.165) is 3.79 Å². The van der Waals surface area contributed by atoms with Crippen molar-refractivity contribution >= 4 is 38.9 Å². The fourth-order valence-corrected chi connectivity index (χ4v) is 1.95. The second-order valence-corrected chi connectivity index (χ2v) is 4.28. The highest BCUT2D eigenvalue weighted by Gasteiger charge is 2.07. The van der Waals surface area contributed by atoms with Gasteiger partial charge in [-0.2, -0.15) is 0 Å². The number of esters is 1. The van der Waals surface area contributed by atoms with Crippen LogP contribution in [0.2, 0.25) is 0 Å². The maximum Gasteiger partial charge on any atom is 0.308 e. The lowest BCUT2D eigenvalue weighted by molar-refractivity contribution is -0.131. The summed E-state index contributed by atoms with van der Waals surface area (Å²) >= 11 is 4.51. The minimum atomic E-state index is -0.356. The fourth-order valence-electron chi connectivity index (χ4n) is 0.568. The molecule has 0 bridgehead atoms. The van der Waals surface area contributed by atoms with Crippen molar-refractivity contribution < 1.29 is 9.53 Å². The molecule has 1 aromatic rings. The fraction of sp³-hybridized carbons (Fsp3) is 0.167. The van der Waals surface area contributed by atoms with Crippen molar-refractivity contribution in [3.05, 3.63) is 9.85 Å². The smallest absolute Gasteiger partial charge is 0.308 e. The van der Waals surface area contributed by atoms with E-state index < -0.39 is 0 Å². The van der Waals surface area contributed by atoms with Gasteiger partial charge in [0.05, 0.1) is 9.47 Å². The molecule has 3 nitrogen and oxygen atoms in total. The minimum absolute atomic E-state index is 0.356. The van der Waals surface area contributed by atoms with E-state index in [1.54, 1.807) is 6.07 Å². The van der Waals surface area contributed by atoms with Crippen LogP contribution in [0.5, 0.6) is 5.06 Å². The van der Waals surface area contributed by atoms with Crippen LogP contribution in [0.3, 0.4) is 0 Å². The summed E-state index contributed by atoms with van der Waals surface area (Å²) in [6.07, 6.45) is 0. The zero-order chi connectivity index (χ0) is 8.43. The van der Waals surface area contributed by atoms with E-state index in [1.807, 2.05) is 0 Å². The molecule has 0 amide bonds. The summed E-state index contributed by atoms with van der Waals surface area (Å²) < 4.78 is 5.64. The summed E-state index contributed by atoms with van der Waals surface area (Å²) in [5, 5.41) is 0.448. The largest absolute Gasteiger partial charge is 0.413 e. The van der Waals surface area contributed by atoms with Gasteiger partial charge >= 0.3 is 5.97 Å². The molecule has 0 saturated carbocycles. The second-order valence-electron chi connectivity index (χ2n) is 1.89. The van der Waals surface area contributed by atoms with Crippen LogP contribution in [0.4, 0.5) is 5.69 Å². The molecule has 0 radical (unpaired) electrons. The first-order valence-corrected chi connectivity index (χ1v) is 4.44. The van der Waals surface area contributed by atoms with Gasteiger partial charge < -0.3 is 10.5 Å². The molecular weight excluding hydrogens is 230 g/mol. The molecular formula is C6H6BrNO2S. The number of thiophene rings is 1. The molecule has 1 rings (SSSR count). The number of carbonyl (C=O) groups is 1. The lowest BCUT2D eigenvalue weighted by atomic mass is 10.5. The van der Waals surface area contributed by atoms with Gasteiger partial charge in [0.15, 0.2) is 0 Å². The lowest BCUT2D eigenvalue weighted by Crippen LogP contribution is -2.01. The number of ether oxygens (including phenoxy) is 1. The molecule has 5 heteroatoms. The molecule has 1 heterocycles. The Balaban J connectivity index is 2.85. The van der Waals surface area contributed by atoms with Crippen molar-refractivity contribution in [1.29, 1.82) is 0 Å². The van der Waals surface area contributed by atoms with Crippen LogP contribution in [-0.4, -0.2) is 5.97 Å². The van der Waals surface area contributed by atoms with E-state index in [0.29, 0.717) is 10.8 Å². The van der Waals surface area contributed by atoms with Crippen molar-refractivity contribution in [3.8, 4) is 5.06 Å². The third-order valence-electron chi connectivity index (χ3n) is 0.931. The zero-order valence-electron chi connectivity index (χ0n) is 5.76. The number of nitrogens with two attached hydrogens (primary N) is 1. The molecule has 0 atom stereocenters. The Morgan fingerprint density at radius 2 is 2.45 bits per heavy atom. The molecule has 2 N–H and O–H groups in total. The average molecular weight is 236 g/mol. The summed E-state index contributed by atoms with van der Waals surface area (Å²) in [6.45, 7) is 1.34. The van der Waals surface area contributed by atoms with Crippen molar-refractivity contribution in [2.24, 2.45) is 0 Å². The molecule has 0 aliphatic heterocycles. The van der Waals surface area contributed by atoms with Gasteiger partial charge in [-0.25, -0.2) is 0 Å². The van der Waals surface area contributed by atoms with E-state index >= 15 is 0 Å². The third-order valence-corrected chi connectivity index (χ3v) is 2.46. The first kappa shape index (κ1) is 8.55. The number of hydrogen-bond acceptors (Lipinski definition) is 4. The first-order chi connectivity index (χ1) is 5.09. The third kappa shape index (κ3) is 2.20. The Morgan fingerprint density at radius 3 is 2.82 bits per heavy atom. The molecule has 1 aromatic heterocycles. The van der Waals surface area contributed by atoms with E-state index in [9.17, 15) is 4.79 Å². The summed E-state index contributed by atoms with van der Waals surface area (Å²) in [5.41, 5.74) is 5.98. The summed E-state index contributed by atoms with van der Waals surface area (Å²) in [5.74, 6) is -0.356.